The lowest BCUT2D eigenvalue weighted by atomic mass is 10.0. The van der Waals surface area contributed by atoms with Crippen LogP contribution in [0.15, 0.2) is 18.2 Å². The molecular formula is C14H15ClN2O2. The van der Waals surface area contributed by atoms with E-state index >= 15 is 0 Å². The molecule has 2 rings (SSSR count). The van der Waals surface area contributed by atoms with Crippen molar-refractivity contribution in [3.8, 4) is 22.8 Å². The van der Waals surface area contributed by atoms with Crippen LogP contribution >= 0.6 is 11.6 Å². The Morgan fingerprint density at radius 3 is 2.37 bits per heavy atom. The predicted octanol–water partition coefficient (Wildman–Crippen LogP) is 3.43. The van der Waals surface area contributed by atoms with Crippen molar-refractivity contribution >= 4 is 11.6 Å². The van der Waals surface area contributed by atoms with Crippen LogP contribution in [0.25, 0.3) is 11.3 Å². The average molecular weight is 279 g/mol. The quantitative estimate of drug-likeness (QED) is 0.863. The summed E-state index contributed by atoms with van der Waals surface area (Å²) < 4.78 is 10.7. The van der Waals surface area contributed by atoms with Gasteiger partial charge >= 0.3 is 0 Å². The molecule has 0 bridgehead atoms. The molecule has 0 saturated heterocycles. The number of methoxy groups -OCH3 is 2. The van der Waals surface area contributed by atoms with Gasteiger partial charge in [-0.25, -0.2) is 0 Å². The summed E-state index contributed by atoms with van der Waals surface area (Å²) in [6.07, 6.45) is 0. The Kier molecular flexibility index (Phi) is 3.90. The minimum atomic E-state index is 0.420. The largest absolute Gasteiger partial charge is 0.493 e. The highest BCUT2D eigenvalue weighted by molar-refractivity contribution is 6.30. The van der Waals surface area contributed by atoms with Crippen LogP contribution < -0.4 is 9.47 Å². The summed E-state index contributed by atoms with van der Waals surface area (Å²) in [6, 6.07) is 5.65. The molecule has 0 saturated carbocycles. The Morgan fingerprint density at radius 1 is 1.00 bits per heavy atom. The van der Waals surface area contributed by atoms with Gasteiger partial charge in [-0.05, 0) is 37.1 Å². The average Bonchev–Trinajstić information content (AvgIpc) is 2.44. The topological polar surface area (TPSA) is 44.2 Å². The first kappa shape index (κ1) is 13.6. The molecule has 0 atom stereocenters. The lowest BCUT2D eigenvalue weighted by Crippen LogP contribution is -1.99. The summed E-state index contributed by atoms with van der Waals surface area (Å²) in [6.45, 7) is 3.88. The molecule has 19 heavy (non-hydrogen) atoms. The summed E-state index contributed by atoms with van der Waals surface area (Å²) in [4.78, 5) is 0. The smallest absolute Gasteiger partial charge is 0.170 e. The van der Waals surface area contributed by atoms with Crippen molar-refractivity contribution < 1.29 is 9.47 Å². The molecule has 0 aliphatic rings. The molecule has 4 nitrogen and oxygen atoms in total. The van der Waals surface area contributed by atoms with E-state index < -0.39 is 0 Å². The second-order valence-corrected chi connectivity index (χ2v) is 4.49. The molecule has 0 spiro atoms. The lowest BCUT2D eigenvalue weighted by Gasteiger charge is -2.14. The van der Waals surface area contributed by atoms with Gasteiger partial charge in [0.05, 0.1) is 14.2 Å². The summed E-state index contributed by atoms with van der Waals surface area (Å²) in [5, 5.41) is 8.56. The number of hydrogen-bond donors (Lipinski definition) is 0. The van der Waals surface area contributed by atoms with Crippen molar-refractivity contribution in [3.05, 3.63) is 34.5 Å². The summed E-state index contributed by atoms with van der Waals surface area (Å²) in [5.41, 5.74) is 3.48. The highest BCUT2D eigenvalue weighted by atomic mass is 35.5. The zero-order chi connectivity index (χ0) is 14.0. The number of benzene rings is 1. The van der Waals surface area contributed by atoms with Crippen molar-refractivity contribution in [2.24, 2.45) is 0 Å². The number of para-hydroxylation sites is 1. The van der Waals surface area contributed by atoms with Gasteiger partial charge in [-0.15, -0.1) is 10.2 Å². The Hall–Kier alpha value is -1.81. The first-order chi connectivity index (χ1) is 9.10. The Balaban J connectivity index is 2.69. The van der Waals surface area contributed by atoms with E-state index in [4.69, 9.17) is 21.1 Å². The van der Waals surface area contributed by atoms with E-state index in [1.807, 2.05) is 32.0 Å². The molecule has 5 heteroatoms. The third kappa shape index (κ3) is 2.36. The van der Waals surface area contributed by atoms with Gasteiger partial charge in [0.1, 0.15) is 5.69 Å². The third-order valence-electron chi connectivity index (χ3n) is 3.12. The van der Waals surface area contributed by atoms with Gasteiger partial charge < -0.3 is 9.47 Å². The monoisotopic (exact) mass is 278 g/mol. The van der Waals surface area contributed by atoms with Gasteiger partial charge in [-0.1, -0.05) is 17.7 Å². The van der Waals surface area contributed by atoms with Crippen LogP contribution in [0, 0.1) is 13.8 Å². The zero-order valence-corrected chi connectivity index (χ0v) is 12.1. The van der Waals surface area contributed by atoms with Crippen LogP contribution in [0.3, 0.4) is 0 Å². The maximum absolute atomic E-state index is 5.98. The van der Waals surface area contributed by atoms with Gasteiger partial charge in [-0.3, -0.25) is 0 Å². The maximum atomic E-state index is 5.98. The summed E-state index contributed by atoms with van der Waals surface area (Å²) in [7, 11) is 3.21. The lowest BCUT2D eigenvalue weighted by molar-refractivity contribution is 0.356. The minimum absolute atomic E-state index is 0.420. The second kappa shape index (κ2) is 5.45. The predicted molar refractivity (Wildman–Crippen MR) is 75.1 cm³/mol. The normalized spacial score (nSPS) is 10.4. The number of ether oxygens (including phenoxy) is 2. The van der Waals surface area contributed by atoms with E-state index in [1.54, 1.807) is 14.2 Å². The van der Waals surface area contributed by atoms with E-state index in [1.165, 1.54) is 0 Å². The number of nitrogens with zero attached hydrogens (tertiary/aromatic N) is 2. The van der Waals surface area contributed by atoms with Crippen LogP contribution in [-0.2, 0) is 0 Å². The number of aromatic nitrogens is 2. The van der Waals surface area contributed by atoms with Crippen molar-refractivity contribution in [2.75, 3.05) is 14.2 Å². The van der Waals surface area contributed by atoms with E-state index in [0.717, 1.165) is 22.4 Å². The second-order valence-electron chi connectivity index (χ2n) is 4.13. The zero-order valence-electron chi connectivity index (χ0n) is 11.3. The van der Waals surface area contributed by atoms with Crippen LogP contribution in [0.4, 0.5) is 0 Å². The van der Waals surface area contributed by atoms with Gasteiger partial charge in [0.25, 0.3) is 0 Å². The van der Waals surface area contributed by atoms with E-state index in [0.29, 0.717) is 16.7 Å². The number of halogens is 1. The van der Waals surface area contributed by atoms with Crippen LogP contribution in [0.5, 0.6) is 11.5 Å². The van der Waals surface area contributed by atoms with Crippen molar-refractivity contribution in [1.82, 2.24) is 10.2 Å². The van der Waals surface area contributed by atoms with E-state index in [9.17, 15) is 0 Å². The number of rotatable bonds is 3. The SMILES string of the molecule is COc1cccc(-c2nnc(Cl)c(C)c2C)c1OC. The summed E-state index contributed by atoms with van der Waals surface area (Å²) in [5.74, 6) is 1.30. The van der Waals surface area contributed by atoms with E-state index in [-0.39, 0.29) is 0 Å². The maximum Gasteiger partial charge on any atom is 0.170 e. The Bertz CT molecular complexity index is 615. The van der Waals surface area contributed by atoms with Crippen LogP contribution in [0.2, 0.25) is 5.15 Å². The van der Waals surface area contributed by atoms with Crippen molar-refractivity contribution in [1.29, 1.82) is 0 Å². The standard InChI is InChI=1S/C14H15ClN2O2/c1-8-9(2)14(15)17-16-12(8)10-6-5-7-11(18-3)13(10)19-4/h5-7H,1-4H3. The first-order valence-electron chi connectivity index (χ1n) is 5.80. The third-order valence-corrected chi connectivity index (χ3v) is 3.48. The fraction of sp³-hybridized carbons (Fsp3) is 0.286. The van der Waals surface area contributed by atoms with Crippen LogP contribution in [-0.4, -0.2) is 24.4 Å². The van der Waals surface area contributed by atoms with Gasteiger partial charge in [0.2, 0.25) is 0 Å². The molecule has 0 radical (unpaired) electrons. The number of hydrogen-bond acceptors (Lipinski definition) is 4. The highest BCUT2D eigenvalue weighted by Gasteiger charge is 2.16. The first-order valence-corrected chi connectivity index (χ1v) is 6.18. The summed E-state index contributed by atoms with van der Waals surface area (Å²) >= 11 is 5.98. The molecule has 0 fully saturated rings. The highest BCUT2D eigenvalue weighted by Crippen LogP contribution is 2.38. The molecule has 2 aromatic rings. The molecule has 0 unspecified atom stereocenters. The molecule has 1 aromatic carbocycles. The molecule has 1 aromatic heterocycles. The van der Waals surface area contributed by atoms with Crippen molar-refractivity contribution in [2.45, 2.75) is 13.8 Å². The minimum Gasteiger partial charge on any atom is -0.493 e. The fourth-order valence-corrected chi connectivity index (χ4v) is 2.09. The molecule has 1 heterocycles. The molecule has 0 aliphatic carbocycles. The molecule has 0 N–H and O–H groups in total. The molecule has 0 amide bonds. The van der Waals surface area contributed by atoms with Gasteiger partial charge in [-0.2, -0.15) is 0 Å². The van der Waals surface area contributed by atoms with E-state index in [2.05, 4.69) is 10.2 Å². The molecular weight excluding hydrogens is 264 g/mol. The Morgan fingerprint density at radius 2 is 1.74 bits per heavy atom. The van der Waals surface area contributed by atoms with Crippen LogP contribution in [0.1, 0.15) is 11.1 Å². The Labute approximate surface area is 117 Å². The fourth-order valence-electron chi connectivity index (χ4n) is 1.91. The molecule has 100 valence electrons. The molecule has 0 aliphatic heterocycles. The van der Waals surface area contributed by atoms with Crippen molar-refractivity contribution in [3.63, 3.8) is 0 Å². The van der Waals surface area contributed by atoms with Gasteiger partial charge in [0.15, 0.2) is 16.7 Å². The van der Waals surface area contributed by atoms with Gasteiger partial charge in [0, 0.05) is 5.56 Å².